The van der Waals surface area contributed by atoms with Crippen molar-refractivity contribution in [3.63, 3.8) is 0 Å². The smallest absolute Gasteiger partial charge is 0.143 e. The van der Waals surface area contributed by atoms with E-state index in [2.05, 4.69) is 20.8 Å². The van der Waals surface area contributed by atoms with Gasteiger partial charge >= 0.3 is 0 Å². The van der Waals surface area contributed by atoms with Gasteiger partial charge in [0.2, 0.25) is 0 Å². The van der Waals surface area contributed by atoms with E-state index >= 15 is 0 Å². The van der Waals surface area contributed by atoms with Gasteiger partial charge in [-0.25, -0.2) is 0 Å². The molecule has 0 aliphatic heterocycles. The number of hydrogen-bond acceptors (Lipinski definition) is 2. The Bertz CT molecular complexity index is 251. The summed E-state index contributed by atoms with van der Waals surface area (Å²) in [4.78, 5) is 24.5. The maximum atomic E-state index is 12.3. The molecule has 124 valence electrons. The van der Waals surface area contributed by atoms with Gasteiger partial charge in [0.1, 0.15) is 11.6 Å². The van der Waals surface area contributed by atoms with E-state index in [4.69, 9.17) is 0 Å². The van der Waals surface area contributed by atoms with Gasteiger partial charge in [0.05, 0.1) is 5.92 Å². The molecule has 0 aromatic heterocycles. The normalized spacial score (nSPS) is 11.0. The van der Waals surface area contributed by atoms with Gasteiger partial charge in [-0.05, 0) is 19.3 Å². The molecule has 0 radical (unpaired) electrons. The number of ketones is 2. The average Bonchev–Trinajstić information content (AvgIpc) is 2.49. The van der Waals surface area contributed by atoms with Crippen molar-refractivity contribution in [2.45, 2.75) is 104 Å². The van der Waals surface area contributed by atoms with E-state index < -0.39 is 0 Å². The third-order valence-electron chi connectivity index (χ3n) is 4.18. The molecule has 0 heterocycles. The van der Waals surface area contributed by atoms with Gasteiger partial charge in [0.15, 0.2) is 0 Å². The van der Waals surface area contributed by atoms with Gasteiger partial charge in [-0.1, -0.05) is 72.1 Å². The van der Waals surface area contributed by atoms with Crippen molar-refractivity contribution in [3.8, 4) is 0 Å². The van der Waals surface area contributed by atoms with Gasteiger partial charge in [-0.2, -0.15) is 0 Å². The molecule has 0 amide bonds. The van der Waals surface area contributed by atoms with Crippen molar-refractivity contribution >= 4 is 11.6 Å². The Morgan fingerprint density at radius 3 is 1.52 bits per heavy atom. The van der Waals surface area contributed by atoms with Gasteiger partial charge in [-0.3, -0.25) is 9.59 Å². The third kappa shape index (κ3) is 10.7. The highest BCUT2D eigenvalue weighted by atomic mass is 16.1. The zero-order valence-corrected chi connectivity index (χ0v) is 14.6. The Labute approximate surface area is 132 Å². The first-order chi connectivity index (χ1) is 10.2. The van der Waals surface area contributed by atoms with Crippen LogP contribution >= 0.6 is 0 Å². The molecular weight excluding hydrogens is 260 g/mol. The van der Waals surface area contributed by atoms with Crippen LogP contribution in [0, 0.1) is 5.92 Å². The monoisotopic (exact) mass is 296 g/mol. The lowest BCUT2D eigenvalue weighted by molar-refractivity contribution is -0.133. The first-order valence-corrected chi connectivity index (χ1v) is 9.22. The van der Waals surface area contributed by atoms with E-state index in [1.165, 1.54) is 32.1 Å². The average molecular weight is 296 g/mol. The fourth-order valence-electron chi connectivity index (χ4n) is 2.68. The molecule has 0 bridgehead atoms. The lowest BCUT2D eigenvalue weighted by Gasteiger charge is -2.14. The Balaban J connectivity index is 4.17. The van der Waals surface area contributed by atoms with Gasteiger partial charge < -0.3 is 0 Å². The standard InChI is InChI=1S/C19H36O2/c1-4-7-10-11-12-13-14-17(18(20)15-8-5-2)19(21)16-9-6-3/h17H,4-16H2,1-3H3. The Morgan fingerprint density at radius 1 is 0.619 bits per heavy atom. The lowest BCUT2D eigenvalue weighted by Crippen LogP contribution is -2.24. The van der Waals surface area contributed by atoms with E-state index in [-0.39, 0.29) is 17.5 Å². The highest BCUT2D eigenvalue weighted by Gasteiger charge is 2.24. The molecular formula is C19H36O2. The summed E-state index contributed by atoms with van der Waals surface area (Å²) in [5, 5.41) is 0. The van der Waals surface area contributed by atoms with E-state index in [0.29, 0.717) is 12.8 Å². The largest absolute Gasteiger partial charge is 0.299 e. The number of hydrogen-bond donors (Lipinski definition) is 0. The van der Waals surface area contributed by atoms with Crippen LogP contribution in [0.3, 0.4) is 0 Å². The summed E-state index contributed by atoms with van der Waals surface area (Å²) in [7, 11) is 0. The summed E-state index contributed by atoms with van der Waals surface area (Å²) < 4.78 is 0. The first kappa shape index (κ1) is 20.3. The maximum absolute atomic E-state index is 12.3. The fourth-order valence-corrected chi connectivity index (χ4v) is 2.68. The van der Waals surface area contributed by atoms with Crippen LogP contribution in [-0.2, 0) is 9.59 Å². The molecule has 0 unspecified atom stereocenters. The molecule has 0 aromatic rings. The molecule has 0 rings (SSSR count). The number of rotatable bonds is 15. The molecule has 0 fully saturated rings. The summed E-state index contributed by atoms with van der Waals surface area (Å²) in [6.07, 6.45) is 13.2. The van der Waals surface area contributed by atoms with Crippen LogP contribution in [0.5, 0.6) is 0 Å². The van der Waals surface area contributed by atoms with E-state index in [1.807, 2.05) is 0 Å². The van der Waals surface area contributed by atoms with E-state index in [9.17, 15) is 9.59 Å². The highest BCUT2D eigenvalue weighted by molar-refractivity contribution is 6.02. The van der Waals surface area contributed by atoms with Crippen molar-refractivity contribution < 1.29 is 9.59 Å². The van der Waals surface area contributed by atoms with Crippen molar-refractivity contribution in [3.05, 3.63) is 0 Å². The number of carbonyl (C=O) groups is 2. The number of unbranched alkanes of at least 4 members (excludes halogenated alkanes) is 7. The lowest BCUT2D eigenvalue weighted by atomic mass is 9.88. The molecule has 0 atom stereocenters. The van der Waals surface area contributed by atoms with Crippen molar-refractivity contribution in [2.75, 3.05) is 0 Å². The van der Waals surface area contributed by atoms with Gasteiger partial charge in [-0.15, -0.1) is 0 Å². The molecule has 0 aromatic carbocycles. The minimum Gasteiger partial charge on any atom is -0.299 e. The zero-order chi connectivity index (χ0) is 15.9. The van der Waals surface area contributed by atoms with Gasteiger partial charge in [0, 0.05) is 12.8 Å². The van der Waals surface area contributed by atoms with Crippen molar-refractivity contribution in [2.24, 2.45) is 5.92 Å². The second kappa shape index (κ2) is 14.3. The van der Waals surface area contributed by atoms with Crippen LogP contribution < -0.4 is 0 Å². The summed E-state index contributed by atoms with van der Waals surface area (Å²) in [6.45, 7) is 6.40. The molecule has 0 N–H and O–H groups in total. The molecule has 0 saturated carbocycles. The maximum Gasteiger partial charge on any atom is 0.143 e. The second-order valence-corrected chi connectivity index (χ2v) is 6.25. The first-order valence-electron chi connectivity index (χ1n) is 9.22. The van der Waals surface area contributed by atoms with E-state index in [1.54, 1.807) is 0 Å². The third-order valence-corrected chi connectivity index (χ3v) is 4.18. The van der Waals surface area contributed by atoms with Crippen LogP contribution in [0.4, 0.5) is 0 Å². The van der Waals surface area contributed by atoms with E-state index in [0.717, 1.165) is 38.5 Å². The zero-order valence-electron chi connectivity index (χ0n) is 14.6. The molecule has 0 aliphatic carbocycles. The molecule has 21 heavy (non-hydrogen) atoms. The Morgan fingerprint density at radius 2 is 1.05 bits per heavy atom. The van der Waals surface area contributed by atoms with Crippen LogP contribution in [0.1, 0.15) is 104 Å². The van der Waals surface area contributed by atoms with Crippen LogP contribution in [0.15, 0.2) is 0 Å². The SMILES string of the molecule is CCCCCCCCC(C(=O)CCCC)C(=O)CCCC. The fraction of sp³-hybridized carbons (Fsp3) is 0.895. The minimum atomic E-state index is -0.297. The Kier molecular flexibility index (Phi) is 13.8. The second-order valence-electron chi connectivity index (χ2n) is 6.25. The summed E-state index contributed by atoms with van der Waals surface area (Å²) in [5.41, 5.74) is 0. The number of carbonyl (C=O) groups excluding carboxylic acids is 2. The topological polar surface area (TPSA) is 34.1 Å². The Hall–Kier alpha value is -0.660. The van der Waals surface area contributed by atoms with Gasteiger partial charge in [0.25, 0.3) is 0 Å². The quantitative estimate of drug-likeness (QED) is 0.280. The van der Waals surface area contributed by atoms with Crippen LogP contribution in [0.25, 0.3) is 0 Å². The molecule has 0 spiro atoms. The molecule has 2 heteroatoms. The molecule has 0 aliphatic rings. The highest BCUT2D eigenvalue weighted by Crippen LogP contribution is 2.19. The van der Waals surface area contributed by atoms with Crippen molar-refractivity contribution in [1.29, 1.82) is 0 Å². The predicted octanol–water partition coefficient (Wildman–Crippen LogP) is 5.87. The summed E-state index contributed by atoms with van der Waals surface area (Å²) >= 11 is 0. The summed E-state index contributed by atoms with van der Waals surface area (Å²) in [6, 6.07) is 0. The molecule has 2 nitrogen and oxygen atoms in total. The molecule has 0 saturated heterocycles. The van der Waals surface area contributed by atoms with Crippen LogP contribution in [0.2, 0.25) is 0 Å². The minimum absolute atomic E-state index is 0.200. The summed E-state index contributed by atoms with van der Waals surface area (Å²) in [5.74, 6) is 0.104. The predicted molar refractivity (Wildman–Crippen MR) is 90.5 cm³/mol. The van der Waals surface area contributed by atoms with Crippen molar-refractivity contribution in [1.82, 2.24) is 0 Å². The van der Waals surface area contributed by atoms with Crippen LogP contribution in [-0.4, -0.2) is 11.6 Å². The number of Topliss-reactive ketones (excluding diaryl/α,β-unsaturated/α-hetero) is 2.